The molecule has 0 aliphatic heterocycles. The molecule has 0 saturated heterocycles. The average Bonchev–Trinajstić information content (AvgIpc) is 3.10. The molecule has 0 spiro atoms. The number of hydrogen-bond acceptors (Lipinski definition) is 4. The Morgan fingerprint density at radius 1 is 1.11 bits per heavy atom. The number of fused-ring (bicyclic) bond motifs is 2. The van der Waals surface area contributed by atoms with Crippen molar-refractivity contribution in [2.45, 2.75) is 43.5 Å². The maximum atomic E-state index is 12.7. The predicted molar refractivity (Wildman–Crippen MR) is 103 cm³/mol. The molecule has 3 aromatic rings. The van der Waals surface area contributed by atoms with Crippen LogP contribution in [0.5, 0.6) is 0 Å². The predicted octanol–water partition coefficient (Wildman–Crippen LogP) is 2.98. The van der Waals surface area contributed by atoms with Crippen LogP contribution in [0.1, 0.15) is 36.9 Å². The van der Waals surface area contributed by atoms with Crippen LogP contribution in [0, 0.1) is 0 Å². The zero-order valence-corrected chi connectivity index (χ0v) is 15.9. The summed E-state index contributed by atoms with van der Waals surface area (Å²) in [6.45, 7) is 1.66. The van der Waals surface area contributed by atoms with Crippen LogP contribution in [0.2, 0.25) is 0 Å². The van der Waals surface area contributed by atoms with Crippen molar-refractivity contribution in [3.63, 3.8) is 0 Å². The second-order valence-corrected chi connectivity index (χ2v) is 8.61. The molecule has 27 heavy (non-hydrogen) atoms. The number of carbonyl (C=O) groups excluding carboxylic acids is 1. The van der Waals surface area contributed by atoms with E-state index in [0.29, 0.717) is 0 Å². The molecule has 4 rings (SSSR count). The number of nitrogens with one attached hydrogen (secondary N) is 1. The number of sulfonamides is 1. The van der Waals surface area contributed by atoms with Gasteiger partial charge in [0.15, 0.2) is 0 Å². The molecule has 1 aliphatic carbocycles. The first-order valence-electron chi connectivity index (χ1n) is 9.06. The highest BCUT2D eigenvalue weighted by Gasteiger charge is 2.24. The lowest BCUT2D eigenvalue weighted by Crippen LogP contribution is -2.35. The summed E-state index contributed by atoms with van der Waals surface area (Å²) in [5.41, 5.74) is 3.80. The monoisotopic (exact) mass is 383 g/mol. The Hall–Kier alpha value is -2.67. The second kappa shape index (κ2) is 6.81. The topological polar surface area (TPSA) is 81.1 Å². The van der Waals surface area contributed by atoms with Gasteiger partial charge in [-0.05, 0) is 68.0 Å². The molecule has 1 atom stereocenters. The summed E-state index contributed by atoms with van der Waals surface area (Å²) in [4.78, 5) is 17.0. The van der Waals surface area contributed by atoms with E-state index in [2.05, 4.69) is 9.71 Å². The van der Waals surface area contributed by atoms with Gasteiger partial charge in [0.2, 0.25) is 0 Å². The summed E-state index contributed by atoms with van der Waals surface area (Å²) >= 11 is 0. The van der Waals surface area contributed by atoms with Gasteiger partial charge < -0.3 is 4.57 Å². The number of carbonyl (C=O) groups is 1. The van der Waals surface area contributed by atoms with Gasteiger partial charge in [0.05, 0.1) is 22.3 Å². The van der Waals surface area contributed by atoms with E-state index in [1.165, 1.54) is 5.56 Å². The van der Waals surface area contributed by atoms with Crippen molar-refractivity contribution >= 4 is 27.0 Å². The SMILES string of the molecule is CC(C(=O)NS(=O)(=O)c1ccc2c(c1)CCCC2)n1cnc2ccccc21. The van der Waals surface area contributed by atoms with Gasteiger partial charge in [0.25, 0.3) is 15.9 Å². The normalized spacial score (nSPS) is 15.3. The van der Waals surface area contributed by atoms with Gasteiger partial charge in [-0.1, -0.05) is 18.2 Å². The molecule has 1 unspecified atom stereocenters. The Labute approximate surface area is 158 Å². The number of aromatic nitrogens is 2. The number of benzene rings is 2. The molecule has 1 N–H and O–H groups in total. The van der Waals surface area contributed by atoms with Crippen molar-refractivity contribution in [1.29, 1.82) is 0 Å². The van der Waals surface area contributed by atoms with Gasteiger partial charge in [-0.2, -0.15) is 0 Å². The number of amides is 1. The summed E-state index contributed by atoms with van der Waals surface area (Å²) in [6, 6.07) is 11.9. The van der Waals surface area contributed by atoms with Crippen LogP contribution >= 0.6 is 0 Å². The number of nitrogens with zero attached hydrogens (tertiary/aromatic N) is 2. The van der Waals surface area contributed by atoms with Crippen molar-refractivity contribution in [1.82, 2.24) is 14.3 Å². The Morgan fingerprint density at radius 3 is 2.67 bits per heavy atom. The van der Waals surface area contributed by atoms with Crippen molar-refractivity contribution in [3.8, 4) is 0 Å². The molecule has 1 amide bonds. The molecule has 0 radical (unpaired) electrons. The van der Waals surface area contributed by atoms with Gasteiger partial charge in [-0.15, -0.1) is 0 Å². The van der Waals surface area contributed by atoms with Crippen molar-refractivity contribution < 1.29 is 13.2 Å². The number of rotatable bonds is 4. The van der Waals surface area contributed by atoms with Crippen LogP contribution in [-0.4, -0.2) is 23.9 Å². The molecule has 0 fully saturated rings. The number of hydrogen-bond donors (Lipinski definition) is 1. The molecule has 6 nitrogen and oxygen atoms in total. The molecule has 2 aromatic carbocycles. The molecule has 1 aliphatic rings. The third kappa shape index (κ3) is 3.35. The maximum absolute atomic E-state index is 12.7. The molecule has 0 bridgehead atoms. The lowest BCUT2D eigenvalue weighted by atomic mass is 9.92. The zero-order chi connectivity index (χ0) is 19.0. The Balaban J connectivity index is 1.58. The first kappa shape index (κ1) is 17.7. The summed E-state index contributed by atoms with van der Waals surface area (Å²) in [5, 5.41) is 0. The molecule has 140 valence electrons. The summed E-state index contributed by atoms with van der Waals surface area (Å²) in [7, 11) is -3.92. The van der Waals surface area contributed by atoms with E-state index in [1.54, 1.807) is 30.0 Å². The third-order valence-corrected chi connectivity index (χ3v) is 6.49. The standard InChI is InChI=1S/C20H21N3O3S/c1-14(23-13-21-18-8-4-5-9-19(18)23)20(24)22-27(25,26)17-11-10-15-6-2-3-7-16(15)12-17/h4-5,8-14H,2-3,6-7H2,1H3,(H,22,24). The largest absolute Gasteiger partial charge is 0.318 e. The van der Waals surface area contributed by atoms with E-state index in [9.17, 15) is 13.2 Å². The van der Waals surface area contributed by atoms with Crippen LogP contribution < -0.4 is 4.72 Å². The highest BCUT2D eigenvalue weighted by molar-refractivity contribution is 7.90. The van der Waals surface area contributed by atoms with Crippen molar-refractivity contribution in [3.05, 3.63) is 59.9 Å². The van der Waals surface area contributed by atoms with Crippen molar-refractivity contribution in [2.24, 2.45) is 0 Å². The van der Waals surface area contributed by atoms with Crippen molar-refractivity contribution in [2.75, 3.05) is 0 Å². The van der Waals surface area contributed by atoms with Crippen LogP contribution in [0.4, 0.5) is 0 Å². The first-order chi connectivity index (χ1) is 13.0. The van der Waals surface area contributed by atoms with Gasteiger partial charge in [-0.25, -0.2) is 18.1 Å². The Morgan fingerprint density at radius 2 is 1.85 bits per heavy atom. The van der Waals surface area contributed by atoms with Crippen LogP contribution in [0.15, 0.2) is 53.7 Å². The number of para-hydroxylation sites is 2. The molecular formula is C20H21N3O3S. The minimum absolute atomic E-state index is 0.138. The summed E-state index contributed by atoms with van der Waals surface area (Å²) < 4.78 is 29.3. The third-order valence-electron chi connectivity index (χ3n) is 5.14. The molecular weight excluding hydrogens is 362 g/mol. The maximum Gasteiger partial charge on any atom is 0.264 e. The number of imidazole rings is 1. The lowest BCUT2D eigenvalue weighted by molar-refractivity contribution is -0.122. The average molecular weight is 383 g/mol. The van der Waals surface area contributed by atoms with E-state index < -0.39 is 22.0 Å². The second-order valence-electron chi connectivity index (χ2n) is 6.92. The molecule has 7 heteroatoms. The van der Waals surface area contributed by atoms with Gasteiger partial charge in [0.1, 0.15) is 6.04 Å². The van der Waals surface area contributed by atoms with E-state index in [0.717, 1.165) is 42.3 Å². The Kier molecular flexibility index (Phi) is 4.47. The van der Waals surface area contributed by atoms with E-state index in [-0.39, 0.29) is 4.90 Å². The fourth-order valence-corrected chi connectivity index (χ4v) is 4.66. The Bertz CT molecular complexity index is 1120. The van der Waals surface area contributed by atoms with E-state index in [1.807, 2.05) is 30.3 Å². The highest BCUT2D eigenvalue weighted by Crippen LogP contribution is 2.24. The molecule has 1 heterocycles. The van der Waals surface area contributed by atoms with Crippen LogP contribution in [-0.2, 0) is 27.7 Å². The van der Waals surface area contributed by atoms with Gasteiger partial charge in [-0.3, -0.25) is 4.79 Å². The molecule has 1 aromatic heterocycles. The highest BCUT2D eigenvalue weighted by atomic mass is 32.2. The number of aryl methyl sites for hydroxylation is 2. The van der Waals surface area contributed by atoms with Gasteiger partial charge >= 0.3 is 0 Å². The minimum atomic E-state index is -3.92. The fourth-order valence-electron chi connectivity index (χ4n) is 3.57. The quantitative estimate of drug-likeness (QED) is 0.751. The zero-order valence-electron chi connectivity index (χ0n) is 15.1. The lowest BCUT2D eigenvalue weighted by Gasteiger charge is -2.18. The van der Waals surface area contributed by atoms with Crippen LogP contribution in [0.3, 0.4) is 0 Å². The van der Waals surface area contributed by atoms with Gasteiger partial charge in [0, 0.05) is 0 Å². The first-order valence-corrected chi connectivity index (χ1v) is 10.5. The summed E-state index contributed by atoms with van der Waals surface area (Å²) in [5.74, 6) is -0.587. The fraction of sp³-hybridized carbons (Fsp3) is 0.300. The molecule has 0 saturated carbocycles. The summed E-state index contributed by atoms with van der Waals surface area (Å²) in [6.07, 6.45) is 5.61. The smallest absolute Gasteiger partial charge is 0.264 e. The minimum Gasteiger partial charge on any atom is -0.318 e. The van der Waals surface area contributed by atoms with Crippen LogP contribution in [0.25, 0.3) is 11.0 Å². The van der Waals surface area contributed by atoms with E-state index in [4.69, 9.17) is 0 Å². The van der Waals surface area contributed by atoms with E-state index >= 15 is 0 Å².